The minimum Gasteiger partial charge on any atom is -0.489 e. The summed E-state index contributed by atoms with van der Waals surface area (Å²) >= 11 is 0.390. The SMILES string of the molecule is Cc1c(CCC(=O)O)ccc(OCc2cc(F)cc3sc(C(F)(F)F)nc23)c1C. The van der Waals surface area contributed by atoms with Crippen LogP contribution in [0.15, 0.2) is 24.3 Å². The topological polar surface area (TPSA) is 59.4 Å². The summed E-state index contributed by atoms with van der Waals surface area (Å²) in [4.78, 5) is 14.4. The standard InChI is InChI=1S/C20H17F4NO3S/c1-10-11(2)15(5-3-12(10)4-6-17(26)27)28-9-13-7-14(21)8-16-18(13)25-19(29-16)20(22,23)24/h3,5,7-8H,4,6,9H2,1-2H3,(H,26,27). The van der Waals surface area contributed by atoms with Crippen LogP contribution in [0.25, 0.3) is 10.2 Å². The molecule has 0 aliphatic carbocycles. The van der Waals surface area contributed by atoms with Gasteiger partial charge < -0.3 is 9.84 Å². The van der Waals surface area contributed by atoms with Crippen LogP contribution in [0.5, 0.6) is 5.75 Å². The predicted molar refractivity (Wildman–Crippen MR) is 101 cm³/mol. The number of carbonyl (C=O) groups is 1. The average Bonchev–Trinajstić information content (AvgIpc) is 3.06. The van der Waals surface area contributed by atoms with Gasteiger partial charge in [-0.15, -0.1) is 11.3 Å². The minimum absolute atomic E-state index is 0.00707. The second-order valence-corrected chi connectivity index (χ2v) is 7.61. The van der Waals surface area contributed by atoms with Gasteiger partial charge in [0.15, 0.2) is 5.01 Å². The first-order valence-corrected chi connectivity index (χ1v) is 9.47. The van der Waals surface area contributed by atoms with Crippen molar-refractivity contribution in [2.24, 2.45) is 0 Å². The molecule has 4 nitrogen and oxygen atoms in total. The Bertz CT molecular complexity index is 1080. The van der Waals surface area contributed by atoms with Crippen molar-refractivity contribution < 1.29 is 32.2 Å². The van der Waals surface area contributed by atoms with Gasteiger partial charge in [0.05, 0.1) is 10.2 Å². The van der Waals surface area contributed by atoms with Crippen LogP contribution < -0.4 is 4.74 Å². The average molecular weight is 427 g/mol. The number of fused-ring (bicyclic) bond motifs is 1. The summed E-state index contributed by atoms with van der Waals surface area (Å²) in [5.41, 5.74) is 2.82. The summed E-state index contributed by atoms with van der Waals surface area (Å²) in [5.74, 6) is -1.06. The van der Waals surface area contributed by atoms with Crippen LogP contribution in [0.2, 0.25) is 0 Å². The molecule has 3 rings (SSSR count). The van der Waals surface area contributed by atoms with E-state index >= 15 is 0 Å². The van der Waals surface area contributed by atoms with Crippen molar-refractivity contribution >= 4 is 27.5 Å². The molecule has 0 saturated heterocycles. The number of alkyl halides is 3. The van der Waals surface area contributed by atoms with Gasteiger partial charge in [-0.3, -0.25) is 4.79 Å². The van der Waals surface area contributed by atoms with Gasteiger partial charge in [0, 0.05) is 12.0 Å². The fraction of sp³-hybridized carbons (Fsp3) is 0.300. The molecule has 154 valence electrons. The molecule has 0 fully saturated rings. The zero-order valence-corrected chi connectivity index (χ0v) is 16.4. The number of hydrogen-bond donors (Lipinski definition) is 1. The van der Waals surface area contributed by atoms with E-state index in [-0.39, 0.29) is 28.8 Å². The van der Waals surface area contributed by atoms with Crippen LogP contribution >= 0.6 is 11.3 Å². The second-order valence-electron chi connectivity index (χ2n) is 6.58. The summed E-state index contributed by atoms with van der Waals surface area (Å²) < 4.78 is 58.5. The van der Waals surface area contributed by atoms with Crippen molar-refractivity contribution in [3.63, 3.8) is 0 Å². The third-order valence-electron chi connectivity index (χ3n) is 4.62. The molecule has 0 saturated carbocycles. The van der Waals surface area contributed by atoms with Crippen molar-refractivity contribution in [1.29, 1.82) is 0 Å². The number of rotatable bonds is 6. The van der Waals surface area contributed by atoms with Gasteiger partial charge in [-0.1, -0.05) is 6.07 Å². The van der Waals surface area contributed by atoms with E-state index in [0.717, 1.165) is 28.8 Å². The van der Waals surface area contributed by atoms with Crippen molar-refractivity contribution in [2.45, 2.75) is 39.5 Å². The Kier molecular flexibility index (Phi) is 5.79. The monoisotopic (exact) mass is 427 g/mol. The Hall–Kier alpha value is -2.68. The fourth-order valence-corrected chi connectivity index (χ4v) is 3.87. The van der Waals surface area contributed by atoms with Crippen LogP contribution in [-0.4, -0.2) is 16.1 Å². The molecule has 1 heterocycles. The largest absolute Gasteiger partial charge is 0.489 e. The molecule has 1 N–H and O–H groups in total. The van der Waals surface area contributed by atoms with Crippen molar-refractivity contribution in [3.8, 4) is 5.75 Å². The molecule has 0 spiro atoms. The van der Waals surface area contributed by atoms with Crippen LogP contribution in [0, 0.1) is 19.7 Å². The maximum absolute atomic E-state index is 13.9. The first kappa shape index (κ1) is 21.0. The number of thiazole rings is 1. The normalized spacial score (nSPS) is 11.8. The molecule has 0 unspecified atom stereocenters. The van der Waals surface area contributed by atoms with E-state index in [1.165, 1.54) is 0 Å². The molecule has 29 heavy (non-hydrogen) atoms. The van der Waals surface area contributed by atoms with Gasteiger partial charge in [-0.05, 0) is 55.2 Å². The lowest BCUT2D eigenvalue weighted by Crippen LogP contribution is -2.04. The van der Waals surface area contributed by atoms with Gasteiger partial charge in [-0.2, -0.15) is 13.2 Å². The Morgan fingerprint density at radius 2 is 1.90 bits per heavy atom. The molecule has 0 atom stereocenters. The fourth-order valence-electron chi connectivity index (χ4n) is 2.97. The molecule has 0 aliphatic rings. The zero-order valence-electron chi connectivity index (χ0n) is 15.6. The van der Waals surface area contributed by atoms with Gasteiger partial charge >= 0.3 is 12.1 Å². The zero-order chi connectivity index (χ0) is 21.3. The molecule has 1 aromatic heterocycles. The van der Waals surface area contributed by atoms with E-state index in [4.69, 9.17) is 9.84 Å². The van der Waals surface area contributed by atoms with E-state index in [0.29, 0.717) is 23.5 Å². The van der Waals surface area contributed by atoms with Gasteiger partial charge in [0.2, 0.25) is 0 Å². The number of aryl methyl sites for hydroxylation is 1. The lowest BCUT2D eigenvalue weighted by atomic mass is 9.99. The summed E-state index contributed by atoms with van der Waals surface area (Å²) in [6.07, 6.45) is -4.21. The molecule has 3 aromatic rings. The third-order valence-corrected chi connectivity index (χ3v) is 5.67. The molecular weight excluding hydrogens is 410 g/mol. The maximum Gasteiger partial charge on any atom is 0.443 e. The highest BCUT2D eigenvalue weighted by Gasteiger charge is 2.35. The summed E-state index contributed by atoms with van der Waals surface area (Å²) in [7, 11) is 0. The highest BCUT2D eigenvalue weighted by molar-refractivity contribution is 7.18. The van der Waals surface area contributed by atoms with E-state index in [1.54, 1.807) is 19.1 Å². The van der Waals surface area contributed by atoms with Crippen LogP contribution in [-0.2, 0) is 24.0 Å². The minimum atomic E-state index is -4.60. The number of halogens is 4. The van der Waals surface area contributed by atoms with Crippen LogP contribution in [0.4, 0.5) is 17.6 Å². The van der Waals surface area contributed by atoms with E-state index in [1.807, 2.05) is 6.92 Å². The Morgan fingerprint density at radius 1 is 1.17 bits per heavy atom. The number of benzene rings is 2. The second kappa shape index (κ2) is 7.98. The third kappa shape index (κ3) is 4.67. The number of ether oxygens (including phenoxy) is 1. The van der Waals surface area contributed by atoms with Crippen molar-refractivity contribution in [2.75, 3.05) is 0 Å². The van der Waals surface area contributed by atoms with Crippen LogP contribution in [0.1, 0.15) is 33.7 Å². The predicted octanol–water partition coefficient (Wildman–Crippen LogP) is 5.67. The lowest BCUT2D eigenvalue weighted by molar-refractivity contribution is -0.138. The molecule has 0 bridgehead atoms. The summed E-state index contributed by atoms with van der Waals surface area (Å²) in [6.45, 7) is 3.50. The van der Waals surface area contributed by atoms with Crippen molar-refractivity contribution in [3.05, 3.63) is 57.3 Å². The number of aliphatic carboxylic acids is 1. The number of nitrogens with zero attached hydrogens (tertiary/aromatic N) is 1. The number of carboxylic acids is 1. The molecule has 2 aromatic carbocycles. The lowest BCUT2D eigenvalue weighted by Gasteiger charge is -2.14. The number of hydrogen-bond acceptors (Lipinski definition) is 4. The maximum atomic E-state index is 13.9. The first-order chi connectivity index (χ1) is 13.6. The Morgan fingerprint density at radius 3 is 2.55 bits per heavy atom. The molecule has 0 aliphatic heterocycles. The van der Waals surface area contributed by atoms with Crippen molar-refractivity contribution in [1.82, 2.24) is 4.98 Å². The Balaban J connectivity index is 1.86. The Labute approximate surface area is 167 Å². The van der Waals surface area contributed by atoms with Gasteiger partial charge in [0.25, 0.3) is 0 Å². The summed E-state index contributed by atoms with van der Waals surface area (Å²) in [6, 6.07) is 5.58. The summed E-state index contributed by atoms with van der Waals surface area (Å²) in [5, 5.41) is 7.80. The van der Waals surface area contributed by atoms with Gasteiger partial charge in [0.1, 0.15) is 18.2 Å². The first-order valence-electron chi connectivity index (χ1n) is 8.66. The van der Waals surface area contributed by atoms with E-state index in [2.05, 4.69) is 4.98 Å². The molecule has 0 amide bonds. The molecular formula is C20H17F4NO3S. The number of carboxylic acid groups (broad SMARTS) is 1. The smallest absolute Gasteiger partial charge is 0.443 e. The highest BCUT2D eigenvalue weighted by atomic mass is 32.1. The van der Waals surface area contributed by atoms with E-state index < -0.39 is 23.0 Å². The van der Waals surface area contributed by atoms with E-state index in [9.17, 15) is 22.4 Å². The quantitative estimate of drug-likeness (QED) is 0.515. The molecule has 9 heteroatoms. The number of aromatic nitrogens is 1. The molecule has 0 radical (unpaired) electrons. The van der Waals surface area contributed by atoms with Crippen LogP contribution in [0.3, 0.4) is 0 Å². The van der Waals surface area contributed by atoms with Gasteiger partial charge in [-0.25, -0.2) is 9.37 Å². The highest BCUT2D eigenvalue weighted by Crippen LogP contribution is 2.37.